The van der Waals surface area contributed by atoms with E-state index in [1.165, 1.54) is 18.4 Å². The maximum atomic E-state index is 6.19. The van der Waals surface area contributed by atoms with Gasteiger partial charge in [-0.3, -0.25) is 0 Å². The summed E-state index contributed by atoms with van der Waals surface area (Å²) in [7, 11) is 0. The molecule has 0 amide bonds. The summed E-state index contributed by atoms with van der Waals surface area (Å²) in [5.74, 6) is 0.623. The first-order chi connectivity index (χ1) is 6.77. The van der Waals surface area contributed by atoms with E-state index in [-0.39, 0.29) is 12.4 Å². The summed E-state index contributed by atoms with van der Waals surface area (Å²) in [5.41, 5.74) is 1.28. The van der Waals surface area contributed by atoms with Gasteiger partial charge in [0.1, 0.15) is 0 Å². The van der Waals surface area contributed by atoms with Gasteiger partial charge in [0.2, 0.25) is 0 Å². The van der Waals surface area contributed by atoms with Crippen LogP contribution in [0.2, 0.25) is 5.02 Å². The highest BCUT2D eigenvalue weighted by Gasteiger charge is 2.17. The van der Waals surface area contributed by atoms with Crippen LogP contribution in [-0.4, -0.2) is 13.1 Å². The monoisotopic (exact) mass is 263 g/mol. The minimum Gasteiger partial charge on any atom is -0.317 e. The van der Waals surface area contributed by atoms with E-state index >= 15 is 0 Å². The van der Waals surface area contributed by atoms with Crippen LogP contribution >= 0.6 is 36.6 Å². The van der Waals surface area contributed by atoms with Crippen molar-refractivity contribution in [1.82, 2.24) is 5.32 Å². The summed E-state index contributed by atoms with van der Waals surface area (Å²) in [6.07, 6.45) is 2.37. The van der Waals surface area contributed by atoms with Gasteiger partial charge >= 0.3 is 0 Å². The van der Waals surface area contributed by atoms with Crippen molar-refractivity contribution in [1.29, 1.82) is 0 Å². The molecule has 1 aromatic rings. The molecule has 1 aromatic carbocycles. The molecular formula is C11H15Cl2NS. The molecule has 1 N–H and O–H groups in total. The van der Waals surface area contributed by atoms with Crippen LogP contribution < -0.4 is 5.32 Å². The number of thiol groups is 1. The van der Waals surface area contributed by atoms with E-state index in [1.807, 2.05) is 12.1 Å². The molecule has 4 heteroatoms. The van der Waals surface area contributed by atoms with Gasteiger partial charge < -0.3 is 5.32 Å². The van der Waals surface area contributed by atoms with Crippen molar-refractivity contribution in [3.05, 3.63) is 28.8 Å². The lowest BCUT2D eigenvalue weighted by Gasteiger charge is -2.23. The highest BCUT2D eigenvalue weighted by atomic mass is 35.5. The molecule has 0 spiro atoms. The Balaban J connectivity index is 0.00000112. The normalized spacial score (nSPS) is 17.2. The highest BCUT2D eigenvalue weighted by molar-refractivity contribution is 7.80. The van der Waals surface area contributed by atoms with Gasteiger partial charge in [0.15, 0.2) is 0 Å². The Kier molecular flexibility index (Phi) is 5.27. The first-order valence-electron chi connectivity index (χ1n) is 4.96. The maximum absolute atomic E-state index is 6.19. The average molecular weight is 264 g/mol. The van der Waals surface area contributed by atoms with Crippen molar-refractivity contribution in [2.45, 2.75) is 23.7 Å². The quantitative estimate of drug-likeness (QED) is 0.740. The predicted octanol–water partition coefficient (Wildman–Crippen LogP) is 3.52. The van der Waals surface area contributed by atoms with Crippen LogP contribution in [0.3, 0.4) is 0 Å². The topological polar surface area (TPSA) is 12.0 Å². The molecule has 15 heavy (non-hydrogen) atoms. The third-order valence-electron chi connectivity index (χ3n) is 2.76. The lowest BCUT2D eigenvalue weighted by Crippen LogP contribution is -2.26. The molecule has 0 aliphatic carbocycles. The summed E-state index contributed by atoms with van der Waals surface area (Å²) in [4.78, 5) is 0.938. The average Bonchev–Trinajstić information content (AvgIpc) is 2.19. The van der Waals surface area contributed by atoms with Gasteiger partial charge in [-0.2, -0.15) is 0 Å². The van der Waals surface area contributed by atoms with E-state index < -0.39 is 0 Å². The van der Waals surface area contributed by atoms with Crippen molar-refractivity contribution in [2.24, 2.45) is 0 Å². The minimum atomic E-state index is 0. The van der Waals surface area contributed by atoms with Gasteiger partial charge in [-0.05, 0) is 49.5 Å². The summed E-state index contributed by atoms with van der Waals surface area (Å²) < 4.78 is 0. The largest absolute Gasteiger partial charge is 0.317 e. The number of hydrogen-bond acceptors (Lipinski definition) is 2. The Labute approximate surface area is 107 Å². The van der Waals surface area contributed by atoms with Gasteiger partial charge in [0.25, 0.3) is 0 Å². The van der Waals surface area contributed by atoms with E-state index in [0.29, 0.717) is 5.92 Å². The van der Waals surface area contributed by atoms with Crippen molar-refractivity contribution in [2.75, 3.05) is 13.1 Å². The molecule has 0 saturated carbocycles. The Hall–Kier alpha value is 0.110. The molecule has 0 bridgehead atoms. The van der Waals surface area contributed by atoms with E-state index in [9.17, 15) is 0 Å². The van der Waals surface area contributed by atoms with Gasteiger partial charge in [0.05, 0.1) is 0 Å². The van der Waals surface area contributed by atoms with Crippen molar-refractivity contribution in [3.63, 3.8) is 0 Å². The molecule has 0 atom stereocenters. The van der Waals surface area contributed by atoms with Gasteiger partial charge in [-0.15, -0.1) is 25.0 Å². The van der Waals surface area contributed by atoms with Crippen LogP contribution in [0.4, 0.5) is 0 Å². The number of hydrogen-bond donors (Lipinski definition) is 2. The summed E-state index contributed by atoms with van der Waals surface area (Å²) in [5, 5.41) is 4.22. The molecule has 0 aromatic heterocycles. The second-order valence-corrected chi connectivity index (χ2v) is 4.65. The van der Waals surface area contributed by atoms with Gasteiger partial charge in [-0.1, -0.05) is 17.7 Å². The Morgan fingerprint density at radius 1 is 1.27 bits per heavy atom. The first-order valence-corrected chi connectivity index (χ1v) is 5.79. The number of halogens is 2. The molecule has 1 aliphatic rings. The fraction of sp³-hybridized carbons (Fsp3) is 0.455. The lowest BCUT2D eigenvalue weighted by atomic mass is 9.90. The second-order valence-electron chi connectivity index (χ2n) is 3.73. The Morgan fingerprint density at radius 2 is 1.93 bits per heavy atom. The zero-order valence-electron chi connectivity index (χ0n) is 8.37. The highest BCUT2D eigenvalue weighted by Crippen LogP contribution is 2.32. The number of piperidine rings is 1. The molecule has 1 aliphatic heterocycles. The smallest absolute Gasteiger partial charge is 0.0451 e. The summed E-state index contributed by atoms with van der Waals surface area (Å²) in [6, 6.07) is 6.06. The van der Waals surface area contributed by atoms with Crippen LogP contribution in [0.15, 0.2) is 23.1 Å². The molecule has 1 nitrogen and oxygen atoms in total. The lowest BCUT2D eigenvalue weighted by molar-refractivity contribution is 0.460. The fourth-order valence-corrected chi connectivity index (χ4v) is 2.59. The van der Waals surface area contributed by atoms with Crippen molar-refractivity contribution >= 4 is 36.6 Å². The van der Waals surface area contributed by atoms with Gasteiger partial charge in [-0.25, -0.2) is 0 Å². The number of rotatable bonds is 1. The minimum absolute atomic E-state index is 0. The van der Waals surface area contributed by atoms with Crippen molar-refractivity contribution in [3.8, 4) is 0 Å². The molecular weight excluding hydrogens is 249 g/mol. The fourth-order valence-electron chi connectivity index (χ4n) is 1.98. The molecule has 2 rings (SSSR count). The third kappa shape index (κ3) is 3.28. The zero-order valence-corrected chi connectivity index (χ0v) is 10.8. The SMILES string of the molecule is Cl.Sc1ccc(C2CCNCC2)c(Cl)c1. The standard InChI is InChI=1S/C11H14ClNS.ClH/c12-11-7-9(14)1-2-10(11)8-3-5-13-6-4-8;/h1-2,7-8,13-14H,3-6H2;1H. The van der Waals surface area contributed by atoms with E-state index in [1.54, 1.807) is 0 Å². The van der Waals surface area contributed by atoms with E-state index in [0.717, 1.165) is 23.0 Å². The second kappa shape index (κ2) is 6.00. The van der Waals surface area contributed by atoms with E-state index in [2.05, 4.69) is 24.0 Å². The zero-order chi connectivity index (χ0) is 9.97. The van der Waals surface area contributed by atoms with Crippen LogP contribution in [0.25, 0.3) is 0 Å². The number of nitrogens with one attached hydrogen (secondary N) is 1. The molecule has 0 radical (unpaired) electrons. The van der Waals surface area contributed by atoms with Crippen LogP contribution in [0, 0.1) is 0 Å². The Morgan fingerprint density at radius 3 is 2.53 bits per heavy atom. The summed E-state index contributed by atoms with van der Waals surface area (Å²) >= 11 is 10.5. The maximum Gasteiger partial charge on any atom is 0.0451 e. The molecule has 1 saturated heterocycles. The summed E-state index contributed by atoms with van der Waals surface area (Å²) in [6.45, 7) is 2.20. The van der Waals surface area contributed by atoms with Gasteiger partial charge in [0, 0.05) is 9.92 Å². The molecule has 1 heterocycles. The van der Waals surface area contributed by atoms with Crippen LogP contribution in [-0.2, 0) is 0 Å². The van der Waals surface area contributed by atoms with Crippen molar-refractivity contribution < 1.29 is 0 Å². The Bertz CT molecular complexity index is 324. The molecule has 1 fully saturated rings. The molecule has 0 unspecified atom stereocenters. The van der Waals surface area contributed by atoms with Crippen LogP contribution in [0.1, 0.15) is 24.3 Å². The third-order valence-corrected chi connectivity index (χ3v) is 3.37. The van der Waals surface area contributed by atoms with E-state index in [4.69, 9.17) is 11.6 Å². The van der Waals surface area contributed by atoms with Crippen LogP contribution in [0.5, 0.6) is 0 Å². The first kappa shape index (κ1) is 13.2. The predicted molar refractivity (Wildman–Crippen MR) is 70.8 cm³/mol. The molecule has 84 valence electrons. The number of benzene rings is 1.